The Hall–Kier alpha value is -0.880. The molecule has 0 saturated heterocycles. The average molecular weight is 313 g/mol. The Morgan fingerprint density at radius 3 is 2.43 bits per heavy atom. The summed E-state index contributed by atoms with van der Waals surface area (Å²) in [4.78, 5) is 11.7. The minimum atomic E-state index is -0.479. The number of hydrogen-bond acceptors (Lipinski definition) is 6. The number of nitrogens with two attached hydrogens (primary N) is 2. The minimum absolute atomic E-state index is 0.183. The van der Waals surface area contributed by atoms with Crippen LogP contribution >= 0.6 is 11.8 Å². The molecule has 0 aromatic carbocycles. The number of ether oxygens (including phenoxy) is 1. The molecule has 0 radical (unpaired) electrons. The van der Waals surface area contributed by atoms with Crippen LogP contribution in [-0.4, -0.2) is 17.8 Å². The molecule has 0 aliphatic heterocycles. The highest BCUT2D eigenvalue weighted by Gasteiger charge is 2.37. The van der Waals surface area contributed by atoms with E-state index in [-0.39, 0.29) is 5.70 Å². The molecule has 120 valence electrons. The lowest BCUT2D eigenvalue weighted by Crippen LogP contribution is -2.32. The van der Waals surface area contributed by atoms with Crippen LogP contribution in [0.25, 0.3) is 0 Å². The number of carbonyl (C=O) groups is 1. The molecule has 0 amide bonds. The van der Waals surface area contributed by atoms with Gasteiger partial charge in [0.1, 0.15) is 0 Å². The van der Waals surface area contributed by atoms with Gasteiger partial charge in [0.05, 0.1) is 11.6 Å². The Morgan fingerprint density at radius 2 is 1.90 bits per heavy atom. The number of carbonyl (C=O) groups excluding carboxylic acids is 1. The molecule has 0 atom stereocenters. The largest absolute Gasteiger partial charge is 0.461 e. The summed E-state index contributed by atoms with van der Waals surface area (Å²) in [6.07, 6.45) is 10.5. The van der Waals surface area contributed by atoms with Gasteiger partial charge >= 0.3 is 5.97 Å². The van der Waals surface area contributed by atoms with Crippen molar-refractivity contribution in [3.05, 3.63) is 10.7 Å². The second-order valence-corrected chi connectivity index (χ2v) is 7.47. The van der Waals surface area contributed by atoms with E-state index in [2.05, 4.69) is 5.43 Å². The fourth-order valence-electron chi connectivity index (χ4n) is 3.62. The summed E-state index contributed by atoms with van der Waals surface area (Å²) in [5.74, 6) is 4.92. The van der Waals surface area contributed by atoms with Crippen LogP contribution in [0.2, 0.25) is 0 Å². The zero-order chi connectivity index (χ0) is 15.3. The second kappa shape index (κ2) is 7.40. The molecule has 2 aliphatic carbocycles. The SMILES string of the molecule is CCOC(=O)/C(NN)=C(/N)SC1CCC2(CCCC2)CC1. The molecular formula is C15H27N3O2S. The van der Waals surface area contributed by atoms with Gasteiger partial charge < -0.3 is 15.9 Å². The molecular weight excluding hydrogens is 286 g/mol. The summed E-state index contributed by atoms with van der Waals surface area (Å²) in [5.41, 5.74) is 9.22. The van der Waals surface area contributed by atoms with Crippen molar-refractivity contribution in [2.45, 2.75) is 63.5 Å². The van der Waals surface area contributed by atoms with E-state index in [1.54, 1.807) is 18.7 Å². The molecule has 0 aromatic rings. The van der Waals surface area contributed by atoms with E-state index in [9.17, 15) is 4.79 Å². The molecule has 0 bridgehead atoms. The highest BCUT2D eigenvalue weighted by molar-refractivity contribution is 8.03. The van der Waals surface area contributed by atoms with Crippen LogP contribution in [0.1, 0.15) is 58.3 Å². The topological polar surface area (TPSA) is 90.4 Å². The molecule has 2 aliphatic rings. The van der Waals surface area contributed by atoms with Gasteiger partial charge in [-0.05, 0) is 50.9 Å². The van der Waals surface area contributed by atoms with Crippen LogP contribution < -0.4 is 17.0 Å². The lowest BCUT2D eigenvalue weighted by molar-refractivity contribution is -0.139. The van der Waals surface area contributed by atoms with Crippen LogP contribution in [0.5, 0.6) is 0 Å². The summed E-state index contributed by atoms with van der Waals surface area (Å²) in [5, 5.41) is 0.928. The van der Waals surface area contributed by atoms with E-state index >= 15 is 0 Å². The van der Waals surface area contributed by atoms with Crippen molar-refractivity contribution in [1.29, 1.82) is 0 Å². The predicted molar refractivity (Wildman–Crippen MR) is 85.9 cm³/mol. The predicted octanol–water partition coefficient (Wildman–Crippen LogP) is 2.38. The van der Waals surface area contributed by atoms with E-state index in [1.165, 1.54) is 51.4 Å². The number of hydrogen-bond donors (Lipinski definition) is 3. The zero-order valence-corrected chi connectivity index (χ0v) is 13.6. The Balaban J connectivity index is 1.90. The van der Waals surface area contributed by atoms with Crippen molar-refractivity contribution >= 4 is 17.7 Å². The Morgan fingerprint density at radius 1 is 1.29 bits per heavy atom. The van der Waals surface area contributed by atoms with Gasteiger partial charge in [0, 0.05) is 5.25 Å². The van der Waals surface area contributed by atoms with Crippen molar-refractivity contribution in [2.75, 3.05) is 6.61 Å². The average Bonchev–Trinajstić information content (AvgIpc) is 2.91. The van der Waals surface area contributed by atoms with Crippen LogP contribution in [0.4, 0.5) is 0 Å². The summed E-state index contributed by atoms with van der Waals surface area (Å²) < 4.78 is 4.95. The summed E-state index contributed by atoms with van der Waals surface area (Å²) in [6, 6.07) is 0. The molecule has 5 nitrogen and oxygen atoms in total. The van der Waals surface area contributed by atoms with Gasteiger partial charge in [-0.25, -0.2) is 4.79 Å². The first kappa shape index (κ1) is 16.5. The number of rotatable bonds is 5. The van der Waals surface area contributed by atoms with E-state index in [0.29, 0.717) is 22.3 Å². The number of hydrazine groups is 1. The third-order valence-corrected chi connectivity index (χ3v) is 6.08. The summed E-state index contributed by atoms with van der Waals surface area (Å²) in [7, 11) is 0. The third kappa shape index (κ3) is 4.07. The molecule has 21 heavy (non-hydrogen) atoms. The van der Waals surface area contributed by atoms with Crippen molar-refractivity contribution in [3.63, 3.8) is 0 Å². The van der Waals surface area contributed by atoms with Crippen molar-refractivity contribution in [3.8, 4) is 0 Å². The molecule has 5 N–H and O–H groups in total. The van der Waals surface area contributed by atoms with Gasteiger partial charge in [-0.1, -0.05) is 12.8 Å². The van der Waals surface area contributed by atoms with Crippen LogP contribution in [-0.2, 0) is 9.53 Å². The first-order chi connectivity index (χ1) is 10.1. The smallest absolute Gasteiger partial charge is 0.358 e. The fraction of sp³-hybridized carbons (Fsp3) is 0.800. The highest BCUT2D eigenvalue weighted by Crippen LogP contribution is 2.51. The van der Waals surface area contributed by atoms with Gasteiger partial charge in [-0.3, -0.25) is 5.84 Å². The molecule has 2 rings (SSSR count). The highest BCUT2D eigenvalue weighted by atomic mass is 32.2. The quantitative estimate of drug-likeness (QED) is 0.312. The van der Waals surface area contributed by atoms with E-state index in [0.717, 1.165) is 0 Å². The monoisotopic (exact) mass is 313 g/mol. The van der Waals surface area contributed by atoms with E-state index in [4.69, 9.17) is 16.3 Å². The Bertz CT molecular complexity index is 396. The second-order valence-electron chi connectivity index (χ2n) is 6.13. The number of nitrogens with one attached hydrogen (secondary N) is 1. The fourth-order valence-corrected chi connectivity index (χ4v) is 4.71. The molecule has 0 heterocycles. The van der Waals surface area contributed by atoms with Crippen molar-refractivity contribution in [1.82, 2.24) is 5.43 Å². The number of esters is 1. The zero-order valence-electron chi connectivity index (χ0n) is 12.8. The Labute approximate surface area is 131 Å². The Kier molecular flexibility index (Phi) is 5.81. The lowest BCUT2D eigenvalue weighted by Gasteiger charge is -2.37. The third-order valence-electron chi connectivity index (χ3n) is 4.82. The van der Waals surface area contributed by atoms with Gasteiger partial charge in [-0.2, -0.15) is 0 Å². The maximum Gasteiger partial charge on any atom is 0.358 e. The van der Waals surface area contributed by atoms with Crippen molar-refractivity contribution in [2.24, 2.45) is 17.0 Å². The van der Waals surface area contributed by atoms with Gasteiger partial charge in [-0.15, -0.1) is 11.8 Å². The first-order valence-corrected chi connectivity index (χ1v) is 8.78. The minimum Gasteiger partial charge on any atom is -0.461 e. The molecule has 1 spiro atoms. The standard InChI is InChI=1S/C15H27N3O2S/c1-2-20-14(19)12(18-17)13(16)21-11-5-9-15(10-6-11)7-3-4-8-15/h11,18H,2-10,16-17H2,1H3/b13-12+. The molecule has 0 unspecified atom stereocenters. The van der Waals surface area contributed by atoms with E-state index < -0.39 is 5.97 Å². The van der Waals surface area contributed by atoms with E-state index in [1.807, 2.05) is 0 Å². The van der Waals surface area contributed by atoms with Crippen LogP contribution in [0, 0.1) is 5.41 Å². The van der Waals surface area contributed by atoms with Crippen LogP contribution in [0.15, 0.2) is 10.7 Å². The number of thioether (sulfide) groups is 1. The molecule has 2 saturated carbocycles. The lowest BCUT2D eigenvalue weighted by atomic mass is 9.73. The summed E-state index contributed by atoms with van der Waals surface area (Å²) >= 11 is 1.56. The van der Waals surface area contributed by atoms with Crippen LogP contribution in [0.3, 0.4) is 0 Å². The molecule has 2 fully saturated rings. The normalized spacial score (nSPS) is 23.0. The van der Waals surface area contributed by atoms with Gasteiger partial charge in [0.25, 0.3) is 0 Å². The van der Waals surface area contributed by atoms with Gasteiger partial charge in [0.2, 0.25) is 0 Å². The maximum absolute atomic E-state index is 11.7. The molecule has 6 heteroatoms. The first-order valence-electron chi connectivity index (χ1n) is 7.90. The molecule has 0 aromatic heterocycles. The van der Waals surface area contributed by atoms with Gasteiger partial charge in [0.15, 0.2) is 5.70 Å². The maximum atomic E-state index is 11.7. The summed E-state index contributed by atoms with van der Waals surface area (Å²) in [6.45, 7) is 2.07. The van der Waals surface area contributed by atoms with Crippen molar-refractivity contribution < 1.29 is 9.53 Å².